The fraction of sp³-hybridized carbons (Fsp3) is 0.333. The highest BCUT2D eigenvalue weighted by Crippen LogP contribution is 2.37. The largest absolute Gasteiger partial charge is 0.444 e. The third-order valence-electron chi connectivity index (χ3n) is 6.85. The maximum atomic E-state index is 13.6. The van der Waals surface area contributed by atoms with Gasteiger partial charge in [0.25, 0.3) is 10.0 Å². The van der Waals surface area contributed by atoms with Crippen molar-refractivity contribution in [3.63, 3.8) is 0 Å². The molecule has 212 valence electrons. The molecule has 0 spiro atoms. The van der Waals surface area contributed by atoms with E-state index in [2.05, 4.69) is 20.5 Å². The van der Waals surface area contributed by atoms with Crippen molar-refractivity contribution >= 4 is 38.7 Å². The van der Waals surface area contributed by atoms with Crippen LogP contribution in [-0.4, -0.2) is 46.1 Å². The Morgan fingerprint density at radius 1 is 1.07 bits per heavy atom. The van der Waals surface area contributed by atoms with Gasteiger partial charge in [-0.15, -0.1) is 0 Å². The summed E-state index contributed by atoms with van der Waals surface area (Å²) in [6.45, 7) is 13.2. The summed E-state index contributed by atoms with van der Waals surface area (Å²) in [6, 6.07) is 15.3. The number of nitrogens with one attached hydrogen (secondary N) is 2. The number of aromatic nitrogens is 3. The second-order valence-electron chi connectivity index (χ2n) is 11.1. The Balaban J connectivity index is 1.45. The van der Waals surface area contributed by atoms with Gasteiger partial charge in [-0.2, -0.15) is 0 Å². The molecular formula is C30H32N6O4S. The van der Waals surface area contributed by atoms with E-state index in [4.69, 9.17) is 16.3 Å². The van der Waals surface area contributed by atoms with Crippen molar-refractivity contribution in [1.29, 1.82) is 0 Å². The van der Waals surface area contributed by atoms with Crippen LogP contribution in [0.3, 0.4) is 0 Å². The smallest absolute Gasteiger partial charge is 0.407 e. The average Bonchev–Trinajstić information content (AvgIpc) is 3.33. The molecular weight excluding hydrogens is 540 g/mol. The van der Waals surface area contributed by atoms with Crippen LogP contribution >= 0.6 is 0 Å². The summed E-state index contributed by atoms with van der Waals surface area (Å²) in [5.41, 5.74) is 0.983. The van der Waals surface area contributed by atoms with Gasteiger partial charge < -0.3 is 15.4 Å². The molecule has 0 bridgehead atoms. The molecule has 2 N–H and O–H groups in total. The molecule has 2 aromatic carbocycles. The number of benzene rings is 2. The first-order valence-electron chi connectivity index (χ1n) is 13.5. The van der Waals surface area contributed by atoms with Gasteiger partial charge in [0, 0.05) is 35.4 Å². The van der Waals surface area contributed by atoms with Gasteiger partial charge in [0.05, 0.1) is 22.7 Å². The number of ether oxygens (including phenoxy) is 1. The monoisotopic (exact) mass is 572 g/mol. The predicted molar refractivity (Wildman–Crippen MR) is 157 cm³/mol. The second-order valence-corrected chi connectivity index (χ2v) is 12.9. The summed E-state index contributed by atoms with van der Waals surface area (Å²) in [4.78, 5) is 25.1. The zero-order valence-corrected chi connectivity index (χ0v) is 24.0. The van der Waals surface area contributed by atoms with Crippen LogP contribution in [0.2, 0.25) is 0 Å². The number of amides is 1. The summed E-state index contributed by atoms with van der Waals surface area (Å²) in [7, 11) is -3.90. The molecule has 2 heterocycles. The predicted octanol–water partition coefficient (Wildman–Crippen LogP) is 6.13. The Morgan fingerprint density at radius 3 is 2.51 bits per heavy atom. The summed E-state index contributed by atoms with van der Waals surface area (Å²) in [5, 5.41) is 6.97. The molecule has 0 aliphatic heterocycles. The molecule has 0 unspecified atom stereocenters. The highest BCUT2D eigenvalue weighted by molar-refractivity contribution is 7.90. The first kappa shape index (κ1) is 28.1. The third kappa shape index (κ3) is 6.18. The minimum absolute atomic E-state index is 0.00451. The van der Waals surface area contributed by atoms with Crippen LogP contribution in [0.4, 0.5) is 16.4 Å². The van der Waals surface area contributed by atoms with Crippen molar-refractivity contribution in [1.82, 2.24) is 19.3 Å². The van der Waals surface area contributed by atoms with Gasteiger partial charge in [-0.05, 0) is 64.7 Å². The van der Waals surface area contributed by atoms with E-state index < -0.39 is 21.7 Å². The number of alkyl carbamates (subject to hydrolysis) is 1. The SMILES string of the molecule is [C-]#[N+]c1cnc(N[C@@H]2CCC[C@H](NC(=O)OC(C)(C)C)C2)nc1-c1cn(S(=O)(=O)c2ccccc2)c2ccccc12. The van der Waals surface area contributed by atoms with Gasteiger partial charge in [-0.1, -0.05) is 36.4 Å². The minimum Gasteiger partial charge on any atom is -0.444 e. The van der Waals surface area contributed by atoms with Crippen molar-refractivity contribution in [3.8, 4) is 11.3 Å². The van der Waals surface area contributed by atoms with Gasteiger partial charge in [-0.3, -0.25) is 0 Å². The van der Waals surface area contributed by atoms with E-state index >= 15 is 0 Å². The number of carbonyl (C=O) groups excluding carboxylic acids is 1. The summed E-state index contributed by atoms with van der Waals surface area (Å²) < 4.78 is 33.8. The molecule has 0 saturated heterocycles. The molecule has 1 aliphatic rings. The molecule has 1 fully saturated rings. The molecule has 5 rings (SSSR count). The van der Waals surface area contributed by atoms with E-state index in [9.17, 15) is 13.2 Å². The Labute approximate surface area is 239 Å². The lowest BCUT2D eigenvalue weighted by atomic mass is 9.91. The Kier molecular flexibility index (Phi) is 7.69. The topological polar surface area (TPSA) is 120 Å². The van der Waals surface area contributed by atoms with Crippen LogP contribution in [0.25, 0.3) is 27.0 Å². The Bertz CT molecular complexity index is 1720. The lowest BCUT2D eigenvalue weighted by molar-refractivity contribution is 0.0492. The molecule has 2 aromatic heterocycles. The molecule has 2 atom stereocenters. The summed E-state index contributed by atoms with van der Waals surface area (Å²) in [5.74, 6) is 0.332. The molecule has 1 saturated carbocycles. The van der Waals surface area contributed by atoms with E-state index in [1.165, 1.54) is 16.4 Å². The number of carbonyl (C=O) groups is 1. The normalized spacial score (nSPS) is 17.5. The quantitative estimate of drug-likeness (QED) is 0.267. The van der Waals surface area contributed by atoms with Crippen molar-refractivity contribution in [3.05, 3.63) is 78.4 Å². The van der Waals surface area contributed by atoms with E-state index in [0.717, 1.165) is 19.3 Å². The van der Waals surface area contributed by atoms with Crippen LogP contribution in [0.5, 0.6) is 0 Å². The number of rotatable bonds is 6. The molecule has 0 radical (unpaired) electrons. The molecule has 1 amide bonds. The van der Waals surface area contributed by atoms with E-state index in [1.807, 2.05) is 32.9 Å². The van der Waals surface area contributed by atoms with Crippen molar-refractivity contribution in [2.24, 2.45) is 0 Å². The molecule has 4 aromatic rings. The number of nitrogens with zero attached hydrogens (tertiary/aromatic N) is 4. The lowest BCUT2D eigenvalue weighted by Gasteiger charge is -2.31. The second kappa shape index (κ2) is 11.2. The van der Waals surface area contributed by atoms with Crippen LogP contribution in [-0.2, 0) is 14.8 Å². The third-order valence-corrected chi connectivity index (χ3v) is 8.54. The average molecular weight is 573 g/mol. The maximum absolute atomic E-state index is 13.6. The Hall–Kier alpha value is -4.43. The molecule has 1 aliphatic carbocycles. The summed E-state index contributed by atoms with van der Waals surface area (Å²) in [6.07, 6.45) is 5.81. The van der Waals surface area contributed by atoms with Crippen LogP contribution < -0.4 is 10.6 Å². The minimum atomic E-state index is -3.90. The van der Waals surface area contributed by atoms with Crippen molar-refractivity contribution in [2.75, 3.05) is 5.32 Å². The van der Waals surface area contributed by atoms with Gasteiger partial charge in [0.2, 0.25) is 11.6 Å². The fourth-order valence-electron chi connectivity index (χ4n) is 5.08. The number of hydrogen-bond donors (Lipinski definition) is 2. The van der Waals surface area contributed by atoms with Crippen LogP contribution in [0.15, 0.2) is 71.9 Å². The maximum Gasteiger partial charge on any atom is 0.407 e. The molecule has 10 nitrogen and oxygen atoms in total. The lowest BCUT2D eigenvalue weighted by Crippen LogP contribution is -2.44. The number of para-hydroxylation sites is 1. The number of hydrogen-bond acceptors (Lipinski definition) is 7. The van der Waals surface area contributed by atoms with Crippen LogP contribution in [0, 0.1) is 6.57 Å². The number of anilines is 1. The number of fused-ring (bicyclic) bond motifs is 1. The van der Waals surface area contributed by atoms with E-state index in [-0.39, 0.29) is 22.7 Å². The first-order chi connectivity index (χ1) is 19.5. The van der Waals surface area contributed by atoms with Gasteiger partial charge in [-0.25, -0.2) is 32.0 Å². The molecule has 41 heavy (non-hydrogen) atoms. The van der Waals surface area contributed by atoms with E-state index in [1.54, 1.807) is 42.5 Å². The highest BCUT2D eigenvalue weighted by Gasteiger charge is 2.27. The first-order valence-corrected chi connectivity index (χ1v) is 14.9. The van der Waals surface area contributed by atoms with Crippen molar-refractivity contribution in [2.45, 2.75) is 69.0 Å². The molecule has 11 heteroatoms. The summed E-state index contributed by atoms with van der Waals surface area (Å²) >= 11 is 0. The van der Waals surface area contributed by atoms with Gasteiger partial charge >= 0.3 is 6.09 Å². The van der Waals surface area contributed by atoms with Crippen LogP contribution in [0.1, 0.15) is 46.5 Å². The van der Waals surface area contributed by atoms with Gasteiger partial charge in [0.1, 0.15) is 5.60 Å². The zero-order chi connectivity index (χ0) is 29.2. The fourth-order valence-corrected chi connectivity index (χ4v) is 6.47. The standard InChI is InChI=1S/C30H32N6O4S/c1-30(2,3)40-29(37)34-21-12-10-11-20(17-21)33-28-32-18-25(31-4)27(35-28)24-19-36(26-16-9-8-15-23(24)26)41(38,39)22-13-6-5-7-14-22/h5-9,13-16,18-21H,10-12,17H2,1-3H3,(H,34,37)(H,32,33,35)/t20-,21+/m1/s1. The highest BCUT2D eigenvalue weighted by atomic mass is 32.2. The zero-order valence-electron chi connectivity index (χ0n) is 23.2. The Morgan fingerprint density at radius 2 is 1.78 bits per heavy atom. The van der Waals surface area contributed by atoms with Crippen molar-refractivity contribution < 1.29 is 17.9 Å². The van der Waals surface area contributed by atoms with Gasteiger partial charge in [0.15, 0.2) is 0 Å². The van der Waals surface area contributed by atoms with E-state index in [0.29, 0.717) is 34.5 Å².